The van der Waals surface area contributed by atoms with Crippen LogP contribution in [0.25, 0.3) is 22.4 Å². The van der Waals surface area contributed by atoms with Crippen molar-refractivity contribution in [1.29, 1.82) is 0 Å². The number of benzene rings is 2. The molecular weight excluding hydrogens is 360 g/mol. The van der Waals surface area contributed by atoms with Gasteiger partial charge in [-0.15, -0.1) is 0 Å². The summed E-state index contributed by atoms with van der Waals surface area (Å²) in [5.74, 6) is 0. The van der Waals surface area contributed by atoms with E-state index in [2.05, 4.69) is 60.9 Å². The lowest BCUT2D eigenvalue weighted by Gasteiger charge is -2.27. The summed E-state index contributed by atoms with van der Waals surface area (Å²) < 4.78 is 0. The number of anilines is 1. The molecule has 0 spiro atoms. The Hall–Kier alpha value is -3.18. The highest BCUT2D eigenvalue weighted by Gasteiger charge is 2.24. The Labute approximate surface area is 171 Å². The van der Waals surface area contributed by atoms with E-state index in [0.29, 0.717) is 6.54 Å². The van der Waals surface area contributed by atoms with Crippen LogP contribution in [-0.2, 0) is 12.1 Å². The molecule has 0 saturated carbocycles. The lowest BCUT2D eigenvalue weighted by atomic mass is 9.85. The standard InChI is InChI=1S/C24H26N4O/c1-3-24(25,4-2)18-12-10-17(11-13-18)22-19(16-8-6-5-7-9-16)14-20-21(27-22)15-26-23(29)28-20/h5-14H,3-4,15,25H2,1-2H3,(H2,26,28,29). The number of hydrogen-bond donors (Lipinski definition) is 3. The Balaban J connectivity index is 1.83. The van der Waals surface area contributed by atoms with Gasteiger partial charge in [0.15, 0.2) is 0 Å². The summed E-state index contributed by atoms with van der Waals surface area (Å²) in [5, 5.41) is 5.66. The molecule has 0 fully saturated rings. The molecule has 0 unspecified atom stereocenters. The van der Waals surface area contributed by atoms with Crippen LogP contribution in [0.2, 0.25) is 0 Å². The first-order valence-corrected chi connectivity index (χ1v) is 10.1. The summed E-state index contributed by atoms with van der Waals surface area (Å²) in [6, 6.07) is 20.4. The normalized spacial score (nSPS) is 13.4. The molecule has 0 aliphatic carbocycles. The molecular formula is C24H26N4O. The van der Waals surface area contributed by atoms with Crippen LogP contribution in [-0.4, -0.2) is 11.0 Å². The number of rotatable bonds is 5. The zero-order valence-corrected chi connectivity index (χ0v) is 16.8. The number of fused-ring (bicyclic) bond motifs is 1. The molecule has 1 aliphatic rings. The largest absolute Gasteiger partial charge is 0.332 e. The molecule has 2 heterocycles. The number of pyridine rings is 1. The van der Waals surface area contributed by atoms with Crippen molar-refractivity contribution >= 4 is 11.7 Å². The average Bonchev–Trinajstić information content (AvgIpc) is 2.78. The van der Waals surface area contributed by atoms with Crippen LogP contribution in [0, 0.1) is 0 Å². The van der Waals surface area contributed by atoms with Crippen molar-refractivity contribution in [3.8, 4) is 22.4 Å². The molecule has 2 amide bonds. The summed E-state index contributed by atoms with van der Waals surface area (Å²) in [7, 11) is 0. The van der Waals surface area contributed by atoms with Crippen molar-refractivity contribution in [2.45, 2.75) is 38.8 Å². The molecule has 0 atom stereocenters. The van der Waals surface area contributed by atoms with Gasteiger partial charge in [0, 0.05) is 16.7 Å². The predicted octanol–water partition coefficient (Wildman–Crippen LogP) is 5.02. The highest BCUT2D eigenvalue weighted by Crippen LogP contribution is 2.36. The number of amides is 2. The topological polar surface area (TPSA) is 80.0 Å². The lowest BCUT2D eigenvalue weighted by Crippen LogP contribution is -2.35. The van der Waals surface area contributed by atoms with Gasteiger partial charge in [-0.1, -0.05) is 68.4 Å². The molecule has 1 aromatic heterocycles. The Kier molecular flexibility index (Phi) is 5.07. The fourth-order valence-electron chi connectivity index (χ4n) is 3.80. The van der Waals surface area contributed by atoms with Gasteiger partial charge in [0.2, 0.25) is 0 Å². The van der Waals surface area contributed by atoms with E-state index in [0.717, 1.165) is 52.2 Å². The number of carbonyl (C=O) groups is 1. The Morgan fingerprint density at radius 3 is 2.34 bits per heavy atom. The first-order valence-electron chi connectivity index (χ1n) is 10.1. The quantitative estimate of drug-likeness (QED) is 0.576. The van der Waals surface area contributed by atoms with Crippen molar-refractivity contribution in [3.05, 3.63) is 71.9 Å². The molecule has 5 nitrogen and oxygen atoms in total. The first kappa shape index (κ1) is 19.2. The van der Waals surface area contributed by atoms with Gasteiger partial charge in [0.05, 0.1) is 23.6 Å². The van der Waals surface area contributed by atoms with Gasteiger partial charge < -0.3 is 16.4 Å². The average molecular weight is 386 g/mol. The van der Waals surface area contributed by atoms with Gasteiger partial charge in [0.25, 0.3) is 0 Å². The van der Waals surface area contributed by atoms with E-state index < -0.39 is 0 Å². The highest BCUT2D eigenvalue weighted by molar-refractivity contribution is 5.94. The minimum absolute atomic E-state index is 0.200. The maximum atomic E-state index is 11.8. The molecule has 4 N–H and O–H groups in total. The Morgan fingerprint density at radius 2 is 1.69 bits per heavy atom. The number of urea groups is 1. The molecule has 148 valence electrons. The van der Waals surface area contributed by atoms with Gasteiger partial charge in [-0.05, 0) is 30.0 Å². The molecule has 0 bridgehead atoms. The molecule has 3 aromatic rings. The summed E-state index contributed by atoms with van der Waals surface area (Å²) in [5.41, 5.74) is 13.0. The fourth-order valence-corrected chi connectivity index (χ4v) is 3.80. The maximum absolute atomic E-state index is 11.8. The second-order valence-electron chi connectivity index (χ2n) is 7.49. The molecule has 0 saturated heterocycles. The number of nitrogens with two attached hydrogens (primary N) is 1. The van der Waals surface area contributed by atoms with Crippen molar-refractivity contribution < 1.29 is 4.79 Å². The van der Waals surface area contributed by atoms with Gasteiger partial charge in [0.1, 0.15) is 0 Å². The zero-order valence-electron chi connectivity index (χ0n) is 16.8. The van der Waals surface area contributed by atoms with Gasteiger partial charge >= 0.3 is 6.03 Å². The molecule has 2 aromatic carbocycles. The summed E-state index contributed by atoms with van der Waals surface area (Å²) in [6.07, 6.45) is 1.78. The first-order chi connectivity index (χ1) is 14.0. The van der Waals surface area contributed by atoms with Gasteiger partial charge in [-0.25, -0.2) is 9.78 Å². The van der Waals surface area contributed by atoms with Gasteiger partial charge in [-0.2, -0.15) is 0 Å². The van der Waals surface area contributed by atoms with E-state index in [9.17, 15) is 4.79 Å². The molecule has 29 heavy (non-hydrogen) atoms. The molecule has 5 heteroatoms. The van der Waals surface area contributed by atoms with Crippen molar-refractivity contribution in [2.24, 2.45) is 5.73 Å². The number of nitrogens with zero attached hydrogens (tertiary/aromatic N) is 1. The van der Waals surface area contributed by atoms with Crippen LogP contribution < -0.4 is 16.4 Å². The minimum atomic E-state index is -0.307. The SMILES string of the molecule is CCC(N)(CC)c1ccc(-c2nc3c(cc2-c2ccccc2)NC(=O)NC3)cc1. The van der Waals surface area contributed by atoms with E-state index >= 15 is 0 Å². The second kappa shape index (κ2) is 7.68. The van der Waals surface area contributed by atoms with E-state index in [1.807, 2.05) is 24.3 Å². The maximum Gasteiger partial charge on any atom is 0.319 e. The molecule has 0 radical (unpaired) electrons. The zero-order chi connectivity index (χ0) is 20.4. The summed E-state index contributed by atoms with van der Waals surface area (Å²) in [4.78, 5) is 16.7. The number of nitrogens with one attached hydrogen (secondary N) is 2. The summed E-state index contributed by atoms with van der Waals surface area (Å²) in [6.45, 7) is 4.66. The lowest BCUT2D eigenvalue weighted by molar-refractivity contribution is 0.250. The van der Waals surface area contributed by atoms with Gasteiger partial charge in [-0.3, -0.25) is 0 Å². The Bertz CT molecular complexity index is 1020. The van der Waals surface area contributed by atoms with Crippen molar-refractivity contribution in [2.75, 3.05) is 5.32 Å². The van der Waals surface area contributed by atoms with Crippen LogP contribution in [0.1, 0.15) is 37.9 Å². The van der Waals surface area contributed by atoms with Crippen molar-refractivity contribution in [3.63, 3.8) is 0 Å². The van der Waals surface area contributed by atoms with E-state index in [-0.39, 0.29) is 11.6 Å². The van der Waals surface area contributed by atoms with E-state index in [4.69, 9.17) is 10.7 Å². The predicted molar refractivity (Wildman–Crippen MR) is 117 cm³/mol. The second-order valence-corrected chi connectivity index (χ2v) is 7.49. The monoisotopic (exact) mass is 386 g/mol. The van der Waals surface area contributed by atoms with Crippen LogP contribution in [0.15, 0.2) is 60.7 Å². The summed E-state index contributed by atoms with van der Waals surface area (Å²) >= 11 is 0. The fraction of sp³-hybridized carbons (Fsp3) is 0.250. The van der Waals surface area contributed by atoms with Crippen molar-refractivity contribution in [1.82, 2.24) is 10.3 Å². The molecule has 4 rings (SSSR count). The smallest absolute Gasteiger partial charge is 0.319 e. The molecule has 1 aliphatic heterocycles. The van der Waals surface area contributed by atoms with Crippen LogP contribution in [0.3, 0.4) is 0 Å². The van der Waals surface area contributed by atoms with E-state index in [1.54, 1.807) is 0 Å². The Morgan fingerprint density at radius 1 is 1.00 bits per heavy atom. The van der Waals surface area contributed by atoms with Crippen LogP contribution >= 0.6 is 0 Å². The third-order valence-electron chi connectivity index (χ3n) is 5.85. The van der Waals surface area contributed by atoms with E-state index in [1.165, 1.54) is 0 Å². The number of carbonyl (C=O) groups excluding carboxylic acids is 1. The minimum Gasteiger partial charge on any atom is -0.332 e. The number of hydrogen-bond acceptors (Lipinski definition) is 3. The third-order valence-corrected chi connectivity index (χ3v) is 5.85. The highest BCUT2D eigenvalue weighted by atomic mass is 16.2. The van der Waals surface area contributed by atoms with Crippen LogP contribution in [0.4, 0.5) is 10.5 Å². The number of aromatic nitrogens is 1. The third kappa shape index (κ3) is 3.61. The van der Waals surface area contributed by atoms with Crippen LogP contribution in [0.5, 0.6) is 0 Å².